The first-order chi connectivity index (χ1) is 9.78. The summed E-state index contributed by atoms with van der Waals surface area (Å²) in [5.74, 6) is 2.70. The topological polar surface area (TPSA) is 52.6 Å². The minimum atomic E-state index is 0.397. The highest BCUT2D eigenvalue weighted by Gasteiger charge is 2.11. The summed E-state index contributed by atoms with van der Waals surface area (Å²) in [5, 5.41) is 2.97. The number of ether oxygens (including phenoxy) is 3. The average Bonchev–Trinajstić information content (AvgIpc) is 2.52. The van der Waals surface area contributed by atoms with Crippen molar-refractivity contribution >= 4 is 5.82 Å². The summed E-state index contributed by atoms with van der Waals surface area (Å²) >= 11 is 0. The number of nitrogens with one attached hydrogen (secondary N) is 1. The molecule has 0 aliphatic heterocycles. The van der Waals surface area contributed by atoms with E-state index in [0.717, 1.165) is 11.4 Å². The molecule has 0 radical (unpaired) electrons. The lowest BCUT2D eigenvalue weighted by Gasteiger charge is -2.14. The molecule has 0 bridgehead atoms. The molecule has 0 fully saturated rings. The Labute approximate surface area is 118 Å². The lowest BCUT2D eigenvalue weighted by Crippen LogP contribution is -2.01. The maximum Gasteiger partial charge on any atom is 0.203 e. The molecule has 1 aromatic carbocycles. The zero-order valence-electron chi connectivity index (χ0n) is 11.8. The van der Waals surface area contributed by atoms with Gasteiger partial charge in [0, 0.05) is 18.8 Å². The molecular weight excluding hydrogens is 256 g/mol. The van der Waals surface area contributed by atoms with E-state index in [4.69, 9.17) is 14.2 Å². The van der Waals surface area contributed by atoms with Crippen LogP contribution in [0.5, 0.6) is 17.2 Å². The number of hydrogen-bond acceptors (Lipinski definition) is 5. The number of aromatic nitrogens is 1. The van der Waals surface area contributed by atoms with Gasteiger partial charge in [-0.25, -0.2) is 4.98 Å². The molecule has 0 atom stereocenters. The second kappa shape index (κ2) is 6.65. The van der Waals surface area contributed by atoms with Crippen molar-refractivity contribution in [3.05, 3.63) is 42.1 Å². The van der Waals surface area contributed by atoms with E-state index in [0.29, 0.717) is 23.9 Å². The number of hydrogen-bond donors (Lipinski definition) is 1. The van der Waals surface area contributed by atoms with Gasteiger partial charge in [-0.05, 0) is 18.2 Å². The number of benzene rings is 1. The molecule has 1 heterocycles. The molecule has 5 heteroatoms. The minimum Gasteiger partial charge on any atom is -0.493 e. The molecule has 5 nitrogen and oxygen atoms in total. The number of nitrogens with zero attached hydrogens (tertiary/aromatic N) is 1. The molecule has 1 N–H and O–H groups in total. The van der Waals surface area contributed by atoms with Crippen LogP contribution in [0.25, 0.3) is 0 Å². The summed E-state index contributed by atoms with van der Waals surface area (Å²) in [6, 6.07) is 9.38. The second-order valence-corrected chi connectivity index (χ2v) is 4.08. The molecule has 0 unspecified atom stereocenters. The molecule has 106 valence electrons. The fourth-order valence-electron chi connectivity index (χ4n) is 1.77. The molecule has 0 saturated heterocycles. The molecule has 0 aliphatic carbocycles. The van der Waals surface area contributed by atoms with Gasteiger partial charge in [0.2, 0.25) is 5.75 Å². The van der Waals surface area contributed by atoms with E-state index < -0.39 is 0 Å². The van der Waals surface area contributed by atoms with Crippen LogP contribution >= 0.6 is 0 Å². The first kappa shape index (κ1) is 14.0. The van der Waals surface area contributed by atoms with Crippen molar-refractivity contribution in [3.63, 3.8) is 0 Å². The normalized spacial score (nSPS) is 9.95. The van der Waals surface area contributed by atoms with Crippen molar-refractivity contribution < 1.29 is 14.2 Å². The van der Waals surface area contributed by atoms with E-state index in [2.05, 4.69) is 10.3 Å². The number of pyridine rings is 1. The van der Waals surface area contributed by atoms with Gasteiger partial charge in [-0.3, -0.25) is 0 Å². The maximum absolute atomic E-state index is 5.80. The van der Waals surface area contributed by atoms with Crippen molar-refractivity contribution in [1.82, 2.24) is 4.98 Å². The molecule has 0 saturated carbocycles. The van der Waals surface area contributed by atoms with Crippen molar-refractivity contribution in [1.29, 1.82) is 0 Å². The van der Waals surface area contributed by atoms with Crippen LogP contribution in [0.4, 0.5) is 5.82 Å². The van der Waals surface area contributed by atoms with Crippen LogP contribution in [0.3, 0.4) is 0 Å². The van der Waals surface area contributed by atoms with Crippen LogP contribution in [-0.4, -0.2) is 26.3 Å². The Morgan fingerprint density at radius 3 is 2.25 bits per heavy atom. The monoisotopic (exact) mass is 274 g/mol. The van der Waals surface area contributed by atoms with Crippen LogP contribution in [0, 0.1) is 0 Å². The second-order valence-electron chi connectivity index (χ2n) is 4.08. The van der Waals surface area contributed by atoms with Gasteiger partial charge >= 0.3 is 0 Å². The third kappa shape index (κ3) is 3.12. The largest absolute Gasteiger partial charge is 0.493 e. The van der Waals surface area contributed by atoms with Gasteiger partial charge in [0.05, 0.1) is 14.2 Å². The molecule has 1 aromatic heterocycles. The first-order valence-electron chi connectivity index (χ1n) is 6.25. The van der Waals surface area contributed by atoms with Gasteiger partial charge < -0.3 is 19.5 Å². The summed E-state index contributed by atoms with van der Waals surface area (Å²) in [6.45, 7) is 0.397. The predicted molar refractivity (Wildman–Crippen MR) is 77.7 cm³/mol. The van der Waals surface area contributed by atoms with Crippen LogP contribution in [-0.2, 0) is 6.61 Å². The van der Waals surface area contributed by atoms with Crippen LogP contribution < -0.4 is 19.5 Å². The van der Waals surface area contributed by atoms with E-state index in [1.54, 1.807) is 20.4 Å². The standard InChI is InChI=1S/C15H18N2O3/c1-16-14-8-7-11(9-17-14)10-20-15-12(18-2)5-4-6-13(15)19-3/h4-9H,10H2,1-3H3,(H,16,17). The van der Waals surface area contributed by atoms with E-state index in [1.165, 1.54) is 0 Å². The van der Waals surface area contributed by atoms with Gasteiger partial charge in [-0.15, -0.1) is 0 Å². The van der Waals surface area contributed by atoms with E-state index in [-0.39, 0.29) is 0 Å². The Morgan fingerprint density at radius 2 is 1.75 bits per heavy atom. The highest BCUT2D eigenvalue weighted by Crippen LogP contribution is 2.37. The third-order valence-corrected chi connectivity index (χ3v) is 2.85. The zero-order chi connectivity index (χ0) is 14.4. The van der Waals surface area contributed by atoms with E-state index in [9.17, 15) is 0 Å². The first-order valence-corrected chi connectivity index (χ1v) is 6.25. The summed E-state index contributed by atoms with van der Waals surface area (Å²) < 4.78 is 16.4. The summed E-state index contributed by atoms with van der Waals surface area (Å²) in [7, 11) is 5.04. The Hall–Kier alpha value is -2.43. The van der Waals surface area contributed by atoms with Crippen LogP contribution in [0.1, 0.15) is 5.56 Å². The molecule has 0 aliphatic rings. The molecule has 2 aromatic rings. The molecular formula is C15H18N2O3. The van der Waals surface area contributed by atoms with Crippen LogP contribution in [0.2, 0.25) is 0 Å². The Kier molecular flexibility index (Phi) is 4.65. The fraction of sp³-hybridized carbons (Fsp3) is 0.267. The predicted octanol–water partition coefficient (Wildman–Crippen LogP) is 2.72. The van der Waals surface area contributed by atoms with Crippen molar-refractivity contribution in [2.24, 2.45) is 0 Å². The van der Waals surface area contributed by atoms with Crippen molar-refractivity contribution in [3.8, 4) is 17.2 Å². The highest BCUT2D eigenvalue weighted by molar-refractivity contribution is 5.51. The van der Waals surface area contributed by atoms with Gasteiger partial charge in [0.1, 0.15) is 12.4 Å². The third-order valence-electron chi connectivity index (χ3n) is 2.85. The number of anilines is 1. The van der Waals surface area contributed by atoms with Crippen LogP contribution in [0.15, 0.2) is 36.5 Å². The molecule has 2 rings (SSSR count). The number of methoxy groups -OCH3 is 2. The van der Waals surface area contributed by atoms with Gasteiger partial charge in [-0.1, -0.05) is 12.1 Å². The average molecular weight is 274 g/mol. The van der Waals surface area contributed by atoms with Gasteiger partial charge in [0.15, 0.2) is 11.5 Å². The quantitative estimate of drug-likeness (QED) is 0.877. The summed E-state index contributed by atoms with van der Waals surface area (Å²) in [6.07, 6.45) is 1.77. The summed E-state index contributed by atoms with van der Waals surface area (Å²) in [4.78, 5) is 4.24. The zero-order valence-corrected chi connectivity index (χ0v) is 11.8. The van der Waals surface area contributed by atoms with E-state index >= 15 is 0 Å². The Balaban J connectivity index is 2.13. The Morgan fingerprint density at radius 1 is 1.05 bits per heavy atom. The highest BCUT2D eigenvalue weighted by atomic mass is 16.5. The minimum absolute atomic E-state index is 0.397. The Bertz CT molecular complexity index is 533. The molecule has 0 amide bonds. The van der Waals surface area contributed by atoms with Crippen molar-refractivity contribution in [2.45, 2.75) is 6.61 Å². The number of para-hydroxylation sites is 1. The summed E-state index contributed by atoms with van der Waals surface area (Å²) in [5.41, 5.74) is 0.969. The maximum atomic E-state index is 5.80. The lowest BCUT2D eigenvalue weighted by molar-refractivity contribution is 0.265. The number of rotatable bonds is 6. The van der Waals surface area contributed by atoms with E-state index in [1.807, 2.05) is 37.4 Å². The van der Waals surface area contributed by atoms with Gasteiger partial charge in [0.25, 0.3) is 0 Å². The van der Waals surface area contributed by atoms with Crippen molar-refractivity contribution in [2.75, 3.05) is 26.6 Å². The van der Waals surface area contributed by atoms with Gasteiger partial charge in [-0.2, -0.15) is 0 Å². The molecule has 0 spiro atoms. The smallest absolute Gasteiger partial charge is 0.203 e. The SMILES string of the molecule is CNc1ccc(COc2c(OC)cccc2OC)cn1. The lowest BCUT2D eigenvalue weighted by atomic mass is 10.2. The fourth-order valence-corrected chi connectivity index (χ4v) is 1.77. The molecule has 20 heavy (non-hydrogen) atoms.